The molecule has 1 aliphatic heterocycles. The minimum atomic E-state index is -0.0686. The Bertz CT molecular complexity index is 712. The normalized spacial score (nSPS) is 14.2. The third-order valence-corrected chi connectivity index (χ3v) is 4.55. The van der Waals surface area contributed by atoms with Gasteiger partial charge in [0, 0.05) is 31.9 Å². The molecule has 2 aromatic rings. The maximum atomic E-state index is 12.5. The molecule has 27 heavy (non-hydrogen) atoms. The number of nitrogens with zero attached hydrogens (tertiary/aromatic N) is 2. The molecule has 1 N–H and O–H groups in total. The van der Waals surface area contributed by atoms with Gasteiger partial charge >= 0.3 is 0 Å². The number of benzene rings is 2. The molecule has 3 rings (SSSR count). The van der Waals surface area contributed by atoms with Crippen molar-refractivity contribution in [3.63, 3.8) is 0 Å². The maximum absolute atomic E-state index is 12.5. The van der Waals surface area contributed by atoms with Gasteiger partial charge in [0.2, 0.25) is 5.91 Å². The van der Waals surface area contributed by atoms with Crippen LogP contribution < -0.4 is 19.7 Å². The minimum absolute atomic E-state index is 0. The SMILES string of the molecule is COc1cccc(OC)c1NC(=O)CN1CCN(c2ccccc2)CC1.Cl. The van der Waals surface area contributed by atoms with Crippen molar-refractivity contribution in [2.45, 2.75) is 0 Å². The summed E-state index contributed by atoms with van der Waals surface area (Å²) < 4.78 is 10.7. The van der Waals surface area contributed by atoms with Crippen LogP contribution in [0.25, 0.3) is 0 Å². The molecule has 0 bridgehead atoms. The highest BCUT2D eigenvalue weighted by Crippen LogP contribution is 2.34. The molecule has 0 radical (unpaired) electrons. The van der Waals surface area contributed by atoms with Gasteiger partial charge in [-0.25, -0.2) is 0 Å². The fraction of sp³-hybridized carbons (Fsp3) is 0.350. The van der Waals surface area contributed by atoms with Crippen LogP contribution in [-0.2, 0) is 4.79 Å². The lowest BCUT2D eigenvalue weighted by molar-refractivity contribution is -0.117. The van der Waals surface area contributed by atoms with Crippen molar-refractivity contribution in [1.82, 2.24) is 4.90 Å². The van der Waals surface area contributed by atoms with Gasteiger partial charge in [0.1, 0.15) is 17.2 Å². The van der Waals surface area contributed by atoms with Crippen molar-refractivity contribution in [3.05, 3.63) is 48.5 Å². The van der Waals surface area contributed by atoms with E-state index in [0.29, 0.717) is 23.7 Å². The lowest BCUT2D eigenvalue weighted by Gasteiger charge is -2.35. The Morgan fingerprint density at radius 3 is 2.07 bits per heavy atom. The van der Waals surface area contributed by atoms with Crippen LogP contribution in [0.2, 0.25) is 0 Å². The van der Waals surface area contributed by atoms with Crippen LogP contribution in [0.1, 0.15) is 0 Å². The van der Waals surface area contributed by atoms with E-state index < -0.39 is 0 Å². The first-order valence-corrected chi connectivity index (χ1v) is 8.74. The summed E-state index contributed by atoms with van der Waals surface area (Å²) in [6, 6.07) is 15.8. The van der Waals surface area contributed by atoms with Gasteiger partial charge in [-0.1, -0.05) is 24.3 Å². The molecule has 146 valence electrons. The van der Waals surface area contributed by atoms with Gasteiger partial charge in [-0.15, -0.1) is 12.4 Å². The molecule has 1 heterocycles. The molecule has 6 nitrogen and oxygen atoms in total. The quantitative estimate of drug-likeness (QED) is 0.820. The van der Waals surface area contributed by atoms with Gasteiger partial charge in [-0.2, -0.15) is 0 Å². The Morgan fingerprint density at radius 2 is 1.52 bits per heavy atom. The molecule has 1 saturated heterocycles. The van der Waals surface area contributed by atoms with Crippen molar-refractivity contribution in [3.8, 4) is 11.5 Å². The Balaban J connectivity index is 0.00000261. The minimum Gasteiger partial charge on any atom is -0.494 e. The molecule has 1 amide bonds. The molecular formula is C20H26ClN3O3. The van der Waals surface area contributed by atoms with E-state index in [1.165, 1.54) is 5.69 Å². The molecular weight excluding hydrogens is 366 g/mol. The van der Waals surface area contributed by atoms with E-state index >= 15 is 0 Å². The number of amides is 1. The monoisotopic (exact) mass is 391 g/mol. The van der Waals surface area contributed by atoms with Crippen LogP contribution in [0, 0.1) is 0 Å². The molecule has 2 aromatic carbocycles. The summed E-state index contributed by atoms with van der Waals surface area (Å²) in [6.45, 7) is 3.88. The summed E-state index contributed by atoms with van der Waals surface area (Å²) in [5, 5.41) is 2.93. The van der Waals surface area contributed by atoms with Crippen molar-refractivity contribution in [1.29, 1.82) is 0 Å². The topological polar surface area (TPSA) is 54.0 Å². The highest BCUT2D eigenvalue weighted by atomic mass is 35.5. The summed E-state index contributed by atoms with van der Waals surface area (Å²) in [5.74, 6) is 1.11. The fourth-order valence-corrected chi connectivity index (χ4v) is 3.16. The van der Waals surface area contributed by atoms with E-state index in [2.05, 4.69) is 39.4 Å². The average Bonchev–Trinajstić information content (AvgIpc) is 2.69. The molecule has 7 heteroatoms. The number of carbonyl (C=O) groups excluding carboxylic acids is 1. The highest BCUT2D eigenvalue weighted by molar-refractivity contribution is 5.95. The number of halogens is 1. The summed E-state index contributed by atoms with van der Waals surface area (Å²) in [7, 11) is 3.15. The largest absolute Gasteiger partial charge is 0.494 e. The number of methoxy groups -OCH3 is 2. The van der Waals surface area contributed by atoms with Crippen molar-refractivity contribution < 1.29 is 14.3 Å². The van der Waals surface area contributed by atoms with Crippen molar-refractivity contribution >= 4 is 29.7 Å². The van der Waals surface area contributed by atoms with Crippen molar-refractivity contribution in [2.24, 2.45) is 0 Å². The van der Waals surface area contributed by atoms with Gasteiger partial charge in [-0.3, -0.25) is 9.69 Å². The van der Waals surface area contributed by atoms with Crippen LogP contribution in [0.5, 0.6) is 11.5 Å². The number of anilines is 2. The lowest BCUT2D eigenvalue weighted by atomic mass is 10.2. The second kappa shape index (κ2) is 10.0. The average molecular weight is 392 g/mol. The van der Waals surface area contributed by atoms with E-state index in [4.69, 9.17) is 9.47 Å². The first-order valence-electron chi connectivity index (χ1n) is 8.74. The van der Waals surface area contributed by atoms with Gasteiger partial charge in [0.25, 0.3) is 0 Å². The number of carbonyl (C=O) groups is 1. The molecule has 0 spiro atoms. The predicted molar refractivity (Wildman–Crippen MR) is 111 cm³/mol. The zero-order valence-corrected chi connectivity index (χ0v) is 16.5. The van der Waals surface area contributed by atoms with Gasteiger partial charge in [0.15, 0.2) is 0 Å². The van der Waals surface area contributed by atoms with E-state index in [9.17, 15) is 4.79 Å². The molecule has 1 fully saturated rings. The molecule has 0 aliphatic carbocycles. The Morgan fingerprint density at radius 1 is 0.926 bits per heavy atom. The third-order valence-electron chi connectivity index (χ3n) is 4.55. The number of rotatable bonds is 6. The molecule has 0 atom stereocenters. The number of hydrogen-bond donors (Lipinski definition) is 1. The fourth-order valence-electron chi connectivity index (χ4n) is 3.16. The van der Waals surface area contributed by atoms with E-state index in [-0.39, 0.29) is 18.3 Å². The maximum Gasteiger partial charge on any atom is 0.238 e. The summed E-state index contributed by atoms with van der Waals surface area (Å²) in [5.41, 5.74) is 1.81. The van der Waals surface area contributed by atoms with Crippen LogP contribution >= 0.6 is 12.4 Å². The van der Waals surface area contributed by atoms with Gasteiger partial charge in [-0.05, 0) is 24.3 Å². The number of hydrogen-bond acceptors (Lipinski definition) is 5. The standard InChI is InChI=1S/C20H25N3O3.ClH/c1-25-17-9-6-10-18(26-2)20(17)21-19(24)15-22-11-13-23(14-12-22)16-7-4-3-5-8-16;/h3-10H,11-15H2,1-2H3,(H,21,24);1H. The van der Waals surface area contributed by atoms with E-state index in [1.54, 1.807) is 26.4 Å². The van der Waals surface area contributed by atoms with E-state index in [0.717, 1.165) is 26.2 Å². The highest BCUT2D eigenvalue weighted by Gasteiger charge is 2.20. The van der Waals surface area contributed by atoms with Crippen LogP contribution in [-0.4, -0.2) is 57.8 Å². The Labute approximate surface area is 166 Å². The number of piperazine rings is 1. The summed E-state index contributed by atoms with van der Waals surface area (Å²) >= 11 is 0. The van der Waals surface area contributed by atoms with E-state index in [1.807, 2.05) is 12.1 Å². The first kappa shape index (κ1) is 20.9. The van der Waals surface area contributed by atoms with Crippen LogP contribution in [0.15, 0.2) is 48.5 Å². The zero-order valence-electron chi connectivity index (χ0n) is 15.7. The lowest BCUT2D eigenvalue weighted by Crippen LogP contribution is -2.48. The van der Waals surface area contributed by atoms with Crippen LogP contribution in [0.3, 0.4) is 0 Å². The third kappa shape index (κ3) is 5.28. The molecule has 0 saturated carbocycles. The smallest absolute Gasteiger partial charge is 0.238 e. The second-order valence-corrected chi connectivity index (χ2v) is 6.18. The molecule has 0 unspecified atom stereocenters. The predicted octanol–water partition coefficient (Wildman–Crippen LogP) is 2.89. The Kier molecular flexibility index (Phi) is 7.76. The number of para-hydroxylation sites is 2. The van der Waals surface area contributed by atoms with Crippen LogP contribution in [0.4, 0.5) is 11.4 Å². The summed E-state index contributed by atoms with van der Waals surface area (Å²) in [6.07, 6.45) is 0. The van der Waals surface area contributed by atoms with Crippen molar-refractivity contribution in [2.75, 3.05) is 57.2 Å². The summed E-state index contributed by atoms with van der Waals surface area (Å²) in [4.78, 5) is 17.0. The molecule has 0 aromatic heterocycles. The zero-order chi connectivity index (χ0) is 18.4. The Hall–Kier alpha value is -2.44. The number of nitrogens with one attached hydrogen (secondary N) is 1. The second-order valence-electron chi connectivity index (χ2n) is 6.18. The van der Waals surface area contributed by atoms with Gasteiger partial charge in [0.05, 0.1) is 20.8 Å². The van der Waals surface area contributed by atoms with Gasteiger partial charge < -0.3 is 19.7 Å². The molecule has 1 aliphatic rings. The first-order chi connectivity index (χ1) is 12.7. The number of ether oxygens (including phenoxy) is 2.